The van der Waals surface area contributed by atoms with Crippen molar-refractivity contribution >= 4 is 21.9 Å². The largest absolute Gasteiger partial charge is 0.490 e. The minimum Gasteiger partial charge on any atom is -0.490 e. The normalized spacial score (nSPS) is 20.1. The highest BCUT2D eigenvalue weighted by Crippen LogP contribution is 2.37. The number of benzene rings is 1. The lowest BCUT2D eigenvalue weighted by molar-refractivity contribution is -0.138. The van der Waals surface area contributed by atoms with Crippen LogP contribution in [0.4, 0.5) is 0 Å². The molecule has 2 atom stereocenters. The first-order valence-electron chi connectivity index (χ1n) is 4.96. The Morgan fingerprint density at radius 3 is 3.00 bits per heavy atom. The molecule has 0 amide bonds. The average Bonchev–Trinajstić information content (AvgIpc) is 2.55. The van der Waals surface area contributed by atoms with Crippen LogP contribution in [-0.2, 0) is 11.2 Å². The average molecular weight is 286 g/mol. The Morgan fingerprint density at radius 2 is 2.38 bits per heavy atom. The van der Waals surface area contributed by atoms with E-state index in [4.69, 9.17) is 15.6 Å². The van der Waals surface area contributed by atoms with Gasteiger partial charge in [-0.05, 0) is 24.6 Å². The fourth-order valence-corrected chi connectivity index (χ4v) is 2.41. The Bertz CT molecular complexity index is 447. The molecule has 2 unspecified atom stereocenters. The van der Waals surface area contributed by atoms with E-state index in [0.29, 0.717) is 11.3 Å². The number of ether oxygens (including phenoxy) is 1. The van der Waals surface area contributed by atoms with E-state index >= 15 is 0 Å². The highest BCUT2D eigenvalue weighted by Gasteiger charge is 2.27. The molecule has 0 spiro atoms. The summed E-state index contributed by atoms with van der Waals surface area (Å²) in [5.41, 5.74) is 7.16. The van der Waals surface area contributed by atoms with E-state index < -0.39 is 12.0 Å². The first kappa shape index (κ1) is 11.4. The van der Waals surface area contributed by atoms with Crippen LogP contribution in [0.25, 0.3) is 0 Å². The van der Waals surface area contributed by atoms with E-state index in [9.17, 15) is 4.79 Å². The zero-order valence-corrected chi connectivity index (χ0v) is 10.3. The summed E-state index contributed by atoms with van der Waals surface area (Å²) in [5.74, 6) is -0.422. The van der Waals surface area contributed by atoms with Gasteiger partial charge in [0.25, 0.3) is 0 Å². The summed E-state index contributed by atoms with van der Waals surface area (Å²) in [7, 11) is 0. The van der Waals surface area contributed by atoms with Crippen LogP contribution in [0, 0.1) is 0 Å². The summed E-state index contributed by atoms with van der Waals surface area (Å²) in [4.78, 5) is 10.9. The van der Waals surface area contributed by atoms with Gasteiger partial charge in [0.15, 0.2) is 0 Å². The molecule has 0 fully saturated rings. The second kappa shape index (κ2) is 4.07. The number of halogens is 1. The molecular weight excluding hydrogens is 274 g/mol. The second-order valence-electron chi connectivity index (χ2n) is 3.93. The third kappa shape index (κ3) is 1.92. The highest BCUT2D eigenvalue weighted by molar-refractivity contribution is 9.10. The van der Waals surface area contributed by atoms with E-state index in [-0.39, 0.29) is 6.10 Å². The maximum absolute atomic E-state index is 10.9. The maximum atomic E-state index is 10.9. The van der Waals surface area contributed by atoms with Crippen molar-refractivity contribution in [2.75, 3.05) is 0 Å². The molecule has 5 heteroatoms. The third-order valence-corrected chi connectivity index (χ3v) is 3.04. The van der Waals surface area contributed by atoms with Gasteiger partial charge in [-0.2, -0.15) is 0 Å². The molecule has 86 valence electrons. The van der Waals surface area contributed by atoms with Gasteiger partial charge in [0.1, 0.15) is 17.9 Å². The molecule has 0 radical (unpaired) electrons. The minimum atomic E-state index is -1.05. The predicted octanol–water partition coefficient (Wildman–Crippen LogP) is 1.86. The number of carbonyl (C=O) groups is 1. The first-order chi connectivity index (χ1) is 7.49. The van der Waals surface area contributed by atoms with Crippen LogP contribution in [0.1, 0.15) is 24.1 Å². The molecule has 2 rings (SSSR count). The lowest BCUT2D eigenvalue weighted by Crippen LogP contribution is -2.21. The van der Waals surface area contributed by atoms with Gasteiger partial charge in [0.05, 0.1) is 0 Å². The third-order valence-electron chi connectivity index (χ3n) is 2.59. The molecule has 4 nitrogen and oxygen atoms in total. The number of hydrogen-bond donors (Lipinski definition) is 2. The summed E-state index contributed by atoms with van der Waals surface area (Å²) >= 11 is 3.35. The van der Waals surface area contributed by atoms with Crippen LogP contribution in [0.5, 0.6) is 5.75 Å². The van der Waals surface area contributed by atoms with Crippen molar-refractivity contribution in [3.63, 3.8) is 0 Å². The van der Waals surface area contributed by atoms with Crippen molar-refractivity contribution in [2.45, 2.75) is 25.5 Å². The molecule has 0 aromatic heterocycles. The molecule has 1 heterocycles. The maximum Gasteiger partial charge on any atom is 0.325 e. The fourth-order valence-electron chi connectivity index (χ4n) is 1.89. The number of carboxylic acid groups (broad SMARTS) is 1. The van der Waals surface area contributed by atoms with Crippen LogP contribution in [-0.4, -0.2) is 17.2 Å². The van der Waals surface area contributed by atoms with E-state index in [0.717, 1.165) is 16.5 Å². The molecule has 3 N–H and O–H groups in total. The quantitative estimate of drug-likeness (QED) is 0.870. The highest BCUT2D eigenvalue weighted by atomic mass is 79.9. The van der Waals surface area contributed by atoms with Crippen molar-refractivity contribution in [1.29, 1.82) is 0 Å². The van der Waals surface area contributed by atoms with Gasteiger partial charge >= 0.3 is 5.97 Å². The Morgan fingerprint density at radius 1 is 1.69 bits per heavy atom. The van der Waals surface area contributed by atoms with Crippen LogP contribution < -0.4 is 10.5 Å². The molecule has 1 aliphatic rings. The number of fused-ring (bicyclic) bond motifs is 1. The van der Waals surface area contributed by atoms with Crippen molar-refractivity contribution in [1.82, 2.24) is 0 Å². The first-order valence-corrected chi connectivity index (χ1v) is 5.75. The lowest BCUT2D eigenvalue weighted by atomic mass is 10.0. The molecular formula is C11H12BrNO3. The summed E-state index contributed by atoms with van der Waals surface area (Å²) in [6.45, 7) is 1.95. The number of nitrogens with two attached hydrogens (primary N) is 1. The number of hydrogen-bond acceptors (Lipinski definition) is 3. The number of carboxylic acids is 1. The van der Waals surface area contributed by atoms with Crippen molar-refractivity contribution < 1.29 is 14.6 Å². The predicted molar refractivity (Wildman–Crippen MR) is 62.5 cm³/mol. The van der Waals surface area contributed by atoms with Crippen LogP contribution in [0.2, 0.25) is 0 Å². The van der Waals surface area contributed by atoms with Crippen LogP contribution >= 0.6 is 15.9 Å². The smallest absolute Gasteiger partial charge is 0.325 e. The van der Waals surface area contributed by atoms with Gasteiger partial charge in [0.2, 0.25) is 0 Å². The van der Waals surface area contributed by atoms with Gasteiger partial charge in [0, 0.05) is 16.5 Å². The zero-order chi connectivity index (χ0) is 11.9. The van der Waals surface area contributed by atoms with Crippen molar-refractivity contribution in [3.8, 4) is 5.75 Å². The molecule has 1 aliphatic heterocycles. The SMILES string of the molecule is CC1Cc2cc(Br)cc(C(N)C(=O)O)c2O1. The summed E-state index contributed by atoms with van der Waals surface area (Å²) in [6.07, 6.45) is 0.859. The van der Waals surface area contributed by atoms with E-state index in [1.165, 1.54) is 0 Å². The molecule has 0 saturated heterocycles. The monoisotopic (exact) mass is 285 g/mol. The Kier molecular flexibility index (Phi) is 2.90. The van der Waals surface area contributed by atoms with Gasteiger partial charge in [-0.15, -0.1) is 0 Å². The van der Waals surface area contributed by atoms with Crippen molar-refractivity contribution in [3.05, 3.63) is 27.7 Å². The molecule has 1 aromatic rings. The van der Waals surface area contributed by atoms with Gasteiger partial charge in [-0.1, -0.05) is 15.9 Å². The van der Waals surface area contributed by atoms with Crippen molar-refractivity contribution in [2.24, 2.45) is 5.73 Å². The number of aliphatic carboxylic acids is 1. The van der Waals surface area contributed by atoms with E-state index in [1.54, 1.807) is 6.07 Å². The molecule has 1 aromatic carbocycles. The molecule has 0 bridgehead atoms. The molecule has 0 saturated carbocycles. The molecule has 0 aliphatic carbocycles. The van der Waals surface area contributed by atoms with Gasteiger partial charge in [-0.25, -0.2) is 0 Å². The summed E-state index contributed by atoms with van der Waals surface area (Å²) in [6, 6.07) is 2.60. The van der Waals surface area contributed by atoms with E-state index in [1.807, 2.05) is 13.0 Å². The van der Waals surface area contributed by atoms with Gasteiger partial charge < -0.3 is 15.6 Å². The van der Waals surface area contributed by atoms with Gasteiger partial charge in [-0.3, -0.25) is 4.79 Å². The van der Waals surface area contributed by atoms with E-state index in [2.05, 4.69) is 15.9 Å². The zero-order valence-electron chi connectivity index (χ0n) is 8.74. The number of rotatable bonds is 2. The topological polar surface area (TPSA) is 72.6 Å². The summed E-state index contributed by atoms with van der Waals surface area (Å²) < 4.78 is 6.43. The minimum absolute atomic E-state index is 0.0732. The molecule has 16 heavy (non-hydrogen) atoms. The Labute approximate surface area is 102 Å². The summed E-state index contributed by atoms with van der Waals surface area (Å²) in [5, 5.41) is 8.93. The van der Waals surface area contributed by atoms with Crippen LogP contribution in [0.3, 0.4) is 0 Å². The standard InChI is InChI=1S/C11H12BrNO3/c1-5-2-6-3-7(12)4-8(10(6)16-5)9(13)11(14)15/h3-5,9H,2,13H2,1H3,(H,14,15). The Hall–Kier alpha value is -1.07. The fraction of sp³-hybridized carbons (Fsp3) is 0.364. The lowest BCUT2D eigenvalue weighted by Gasteiger charge is -2.13. The second-order valence-corrected chi connectivity index (χ2v) is 4.85. The van der Waals surface area contributed by atoms with Crippen LogP contribution in [0.15, 0.2) is 16.6 Å². The Balaban J connectivity index is 2.50.